The molecule has 5 nitrogen and oxygen atoms in total. The van der Waals surface area contributed by atoms with Gasteiger partial charge in [0.15, 0.2) is 11.6 Å². The van der Waals surface area contributed by atoms with Crippen LogP contribution in [0.1, 0.15) is 43.4 Å². The second kappa shape index (κ2) is 8.77. The number of nitrogens with zero attached hydrogens (tertiary/aromatic N) is 3. The fraction of sp³-hybridized carbons (Fsp3) is 0.481. The van der Waals surface area contributed by atoms with Crippen molar-refractivity contribution >= 4 is 11.9 Å². The van der Waals surface area contributed by atoms with Crippen LogP contribution in [0.4, 0.5) is 13.6 Å². The lowest BCUT2D eigenvalue weighted by Crippen LogP contribution is -2.57. The van der Waals surface area contributed by atoms with E-state index in [4.69, 9.17) is 0 Å². The number of benzene rings is 2. The summed E-state index contributed by atoms with van der Waals surface area (Å²) in [6.07, 6.45) is 2.39. The predicted octanol–water partition coefficient (Wildman–Crippen LogP) is 4.39. The number of amides is 3. The molecule has 180 valence electrons. The van der Waals surface area contributed by atoms with Gasteiger partial charge in [-0.05, 0) is 48.8 Å². The van der Waals surface area contributed by atoms with E-state index in [0.29, 0.717) is 50.9 Å². The number of hydrogen-bond donors (Lipinski definition) is 0. The van der Waals surface area contributed by atoms with Gasteiger partial charge in [0, 0.05) is 37.8 Å². The minimum absolute atomic E-state index is 0.0902. The second-order valence-corrected chi connectivity index (χ2v) is 10.3. The van der Waals surface area contributed by atoms with Crippen LogP contribution in [0.15, 0.2) is 42.5 Å². The molecule has 0 N–H and O–H groups in total. The molecule has 0 saturated carbocycles. The highest BCUT2D eigenvalue weighted by Crippen LogP contribution is 2.41. The highest BCUT2D eigenvalue weighted by atomic mass is 19.2. The summed E-state index contributed by atoms with van der Waals surface area (Å²) in [4.78, 5) is 33.0. The van der Waals surface area contributed by atoms with Gasteiger partial charge in [-0.2, -0.15) is 0 Å². The Kier molecular flexibility index (Phi) is 5.92. The van der Waals surface area contributed by atoms with Crippen molar-refractivity contribution in [1.82, 2.24) is 14.7 Å². The third kappa shape index (κ3) is 3.80. The van der Waals surface area contributed by atoms with Crippen LogP contribution in [0.3, 0.4) is 0 Å². The maximum Gasteiger partial charge on any atom is 0.327 e. The quantitative estimate of drug-likeness (QED) is 0.613. The van der Waals surface area contributed by atoms with Crippen molar-refractivity contribution in [3.05, 3.63) is 70.8 Å². The number of carbonyl (C=O) groups excluding carboxylic acids is 2. The SMILES string of the molecule is CC(C)CN1C(=O)N(C2Cc3ccccc3C2)C(=O)C12CCN(Cc1cccc(F)c1F)CC2. The van der Waals surface area contributed by atoms with Crippen molar-refractivity contribution in [2.24, 2.45) is 5.92 Å². The third-order valence-electron chi connectivity index (χ3n) is 7.62. The number of likely N-dealkylation sites (tertiary alicyclic amines) is 1. The van der Waals surface area contributed by atoms with Gasteiger partial charge < -0.3 is 4.90 Å². The van der Waals surface area contributed by atoms with Crippen LogP contribution < -0.4 is 0 Å². The van der Waals surface area contributed by atoms with Gasteiger partial charge in [-0.1, -0.05) is 50.2 Å². The number of fused-ring (bicyclic) bond motifs is 1. The van der Waals surface area contributed by atoms with E-state index < -0.39 is 17.2 Å². The number of carbonyl (C=O) groups is 2. The molecule has 0 aromatic heterocycles. The van der Waals surface area contributed by atoms with Crippen LogP contribution in [-0.2, 0) is 24.2 Å². The van der Waals surface area contributed by atoms with E-state index in [2.05, 4.69) is 26.0 Å². The zero-order valence-corrected chi connectivity index (χ0v) is 19.8. The summed E-state index contributed by atoms with van der Waals surface area (Å²) in [6.45, 7) is 6.01. The molecule has 1 spiro atoms. The molecule has 2 aromatic carbocycles. The highest BCUT2D eigenvalue weighted by molar-refractivity contribution is 6.07. The summed E-state index contributed by atoms with van der Waals surface area (Å²) in [5.74, 6) is -1.52. The Morgan fingerprint density at radius 2 is 1.62 bits per heavy atom. The lowest BCUT2D eigenvalue weighted by molar-refractivity contribution is -0.137. The molecule has 0 bridgehead atoms. The van der Waals surface area contributed by atoms with Gasteiger partial charge >= 0.3 is 6.03 Å². The molecule has 2 fully saturated rings. The van der Waals surface area contributed by atoms with Crippen LogP contribution in [0.2, 0.25) is 0 Å². The normalized spacial score (nSPS) is 20.7. The largest absolute Gasteiger partial charge is 0.327 e. The Balaban J connectivity index is 1.36. The maximum absolute atomic E-state index is 14.2. The van der Waals surface area contributed by atoms with Crippen molar-refractivity contribution in [3.8, 4) is 0 Å². The van der Waals surface area contributed by atoms with E-state index in [1.807, 2.05) is 21.9 Å². The summed E-state index contributed by atoms with van der Waals surface area (Å²) in [5, 5.41) is 0. The summed E-state index contributed by atoms with van der Waals surface area (Å²) in [6, 6.07) is 12.0. The summed E-state index contributed by atoms with van der Waals surface area (Å²) in [7, 11) is 0. The fourth-order valence-corrected chi connectivity index (χ4v) is 5.87. The van der Waals surface area contributed by atoms with Crippen molar-refractivity contribution in [1.29, 1.82) is 0 Å². The first-order valence-electron chi connectivity index (χ1n) is 12.2. The topological polar surface area (TPSA) is 43.9 Å². The van der Waals surface area contributed by atoms with E-state index in [0.717, 1.165) is 6.07 Å². The van der Waals surface area contributed by atoms with E-state index in [-0.39, 0.29) is 30.4 Å². The molecule has 0 atom stereocenters. The Hall–Kier alpha value is -2.80. The number of rotatable bonds is 5. The van der Waals surface area contributed by atoms with Gasteiger partial charge in [0.25, 0.3) is 5.91 Å². The highest BCUT2D eigenvalue weighted by Gasteiger charge is 2.59. The number of piperidine rings is 1. The maximum atomic E-state index is 14.2. The van der Waals surface area contributed by atoms with Gasteiger partial charge in [0.05, 0.1) is 0 Å². The molecule has 2 aliphatic heterocycles. The van der Waals surface area contributed by atoms with Crippen LogP contribution in [0.5, 0.6) is 0 Å². The molecule has 1 aliphatic carbocycles. The van der Waals surface area contributed by atoms with Gasteiger partial charge in [-0.3, -0.25) is 14.6 Å². The van der Waals surface area contributed by atoms with Gasteiger partial charge in [0.1, 0.15) is 5.54 Å². The number of imide groups is 1. The molecule has 0 radical (unpaired) electrons. The first-order valence-corrected chi connectivity index (χ1v) is 12.2. The Bertz CT molecular complexity index is 1090. The van der Waals surface area contributed by atoms with Crippen molar-refractivity contribution in [2.45, 2.75) is 57.7 Å². The fourth-order valence-electron chi connectivity index (χ4n) is 5.87. The lowest BCUT2D eigenvalue weighted by Gasteiger charge is -2.42. The van der Waals surface area contributed by atoms with E-state index >= 15 is 0 Å². The van der Waals surface area contributed by atoms with E-state index in [1.54, 1.807) is 6.07 Å². The van der Waals surface area contributed by atoms with Crippen LogP contribution in [-0.4, -0.2) is 57.9 Å². The number of halogens is 2. The molecule has 34 heavy (non-hydrogen) atoms. The average Bonchev–Trinajstić information content (AvgIpc) is 3.31. The number of urea groups is 1. The van der Waals surface area contributed by atoms with E-state index in [9.17, 15) is 18.4 Å². The zero-order chi connectivity index (χ0) is 24.0. The Labute approximate surface area is 199 Å². The third-order valence-corrected chi connectivity index (χ3v) is 7.62. The van der Waals surface area contributed by atoms with Crippen molar-refractivity contribution in [2.75, 3.05) is 19.6 Å². The first-order chi connectivity index (χ1) is 16.3. The Morgan fingerprint density at radius 1 is 0.971 bits per heavy atom. The molecule has 3 aliphatic rings. The summed E-state index contributed by atoms with van der Waals surface area (Å²) >= 11 is 0. The zero-order valence-electron chi connectivity index (χ0n) is 19.8. The van der Waals surface area contributed by atoms with E-state index in [1.165, 1.54) is 22.1 Å². The minimum atomic E-state index is -0.854. The van der Waals surface area contributed by atoms with Gasteiger partial charge in [0.2, 0.25) is 0 Å². The predicted molar refractivity (Wildman–Crippen MR) is 125 cm³/mol. The molecular weight excluding hydrogens is 436 g/mol. The van der Waals surface area contributed by atoms with Crippen LogP contribution in [0.25, 0.3) is 0 Å². The number of hydrogen-bond acceptors (Lipinski definition) is 3. The molecule has 0 unspecified atom stereocenters. The molecule has 7 heteroatoms. The molecule has 2 saturated heterocycles. The monoisotopic (exact) mass is 467 g/mol. The van der Waals surface area contributed by atoms with Gasteiger partial charge in [-0.15, -0.1) is 0 Å². The molecular formula is C27H31F2N3O2. The standard InChI is InChI=1S/C27H31F2N3O2/c1-18(2)16-31-26(34)32(22-14-19-6-3-4-7-20(19)15-22)25(33)27(31)10-12-30(13-11-27)17-21-8-5-9-23(28)24(21)29/h3-9,18,22H,10-17H2,1-2H3. The van der Waals surface area contributed by atoms with Gasteiger partial charge in [-0.25, -0.2) is 13.6 Å². The first kappa shape index (κ1) is 23.0. The van der Waals surface area contributed by atoms with Crippen molar-refractivity contribution < 1.29 is 18.4 Å². The second-order valence-electron chi connectivity index (χ2n) is 10.3. The minimum Gasteiger partial charge on any atom is -0.309 e. The lowest BCUT2D eigenvalue weighted by atomic mass is 9.85. The molecule has 2 heterocycles. The molecule has 2 aromatic rings. The Morgan fingerprint density at radius 3 is 2.24 bits per heavy atom. The van der Waals surface area contributed by atoms with Crippen LogP contribution in [0, 0.1) is 17.6 Å². The molecule has 3 amide bonds. The van der Waals surface area contributed by atoms with Crippen molar-refractivity contribution in [3.63, 3.8) is 0 Å². The summed E-state index contributed by atoms with van der Waals surface area (Å²) in [5.41, 5.74) is 1.87. The summed E-state index contributed by atoms with van der Waals surface area (Å²) < 4.78 is 27.8. The smallest absolute Gasteiger partial charge is 0.309 e. The molecule has 5 rings (SSSR count). The van der Waals surface area contributed by atoms with Crippen LogP contribution >= 0.6 is 0 Å². The average molecular weight is 468 g/mol.